The maximum atomic E-state index is 13.0. The number of hydrogen-bond donors (Lipinski definition) is 1. The zero-order valence-corrected chi connectivity index (χ0v) is 16.1. The second-order valence-electron chi connectivity index (χ2n) is 8.43. The number of carbonyl (C=O) groups is 1. The fourth-order valence-corrected chi connectivity index (χ4v) is 4.87. The van der Waals surface area contributed by atoms with Crippen LogP contribution < -0.4 is 0 Å². The zero-order valence-electron chi connectivity index (χ0n) is 16.1. The topological polar surface area (TPSA) is 47.0 Å². The quantitative estimate of drug-likeness (QED) is 0.795. The molecule has 3 rings (SSSR count). The number of piperazine rings is 1. The third kappa shape index (κ3) is 4.95. The highest BCUT2D eigenvalue weighted by atomic mass is 16.3. The molecule has 1 saturated carbocycles. The SMILES string of the molecule is CCN1CCN(C[C@]2(O)CCCN(CCC3CCCCC3)C2=O)CC1. The van der Waals surface area contributed by atoms with E-state index in [4.69, 9.17) is 0 Å². The van der Waals surface area contributed by atoms with Crippen LogP contribution in [0.15, 0.2) is 0 Å². The van der Waals surface area contributed by atoms with Crippen molar-refractivity contribution in [2.75, 3.05) is 52.4 Å². The van der Waals surface area contributed by atoms with E-state index in [2.05, 4.69) is 16.7 Å². The van der Waals surface area contributed by atoms with Crippen LogP contribution in [0.1, 0.15) is 58.3 Å². The van der Waals surface area contributed by atoms with Crippen LogP contribution in [0.2, 0.25) is 0 Å². The highest BCUT2D eigenvalue weighted by Gasteiger charge is 2.43. The molecule has 3 aliphatic rings. The molecule has 5 heteroatoms. The van der Waals surface area contributed by atoms with E-state index in [1.807, 2.05) is 4.90 Å². The van der Waals surface area contributed by atoms with Gasteiger partial charge in [0, 0.05) is 45.8 Å². The Labute approximate surface area is 153 Å². The summed E-state index contributed by atoms with van der Waals surface area (Å²) in [4.78, 5) is 19.6. The highest BCUT2D eigenvalue weighted by Crippen LogP contribution is 2.29. The Morgan fingerprint density at radius 2 is 1.68 bits per heavy atom. The number of likely N-dealkylation sites (N-methyl/N-ethyl adjacent to an activating group) is 1. The summed E-state index contributed by atoms with van der Waals surface area (Å²) in [6, 6.07) is 0. The largest absolute Gasteiger partial charge is 0.379 e. The minimum atomic E-state index is -1.15. The van der Waals surface area contributed by atoms with Gasteiger partial charge < -0.3 is 14.9 Å². The van der Waals surface area contributed by atoms with Gasteiger partial charge in [-0.3, -0.25) is 9.69 Å². The molecule has 0 aromatic heterocycles. The van der Waals surface area contributed by atoms with E-state index >= 15 is 0 Å². The number of likely N-dealkylation sites (tertiary alicyclic amines) is 1. The van der Waals surface area contributed by atoms with Gasteiger partial charge in [-0.25, -0.2) is 0 Å². The Balaban J connectivity index is 1.49. The van der Waals surface area contributed by atoms with E-state index in [0.29, 0.717) is 13.0 Å². The van der Waals surface area contributed by atoms with Crippen molar-refractivity contribution in [3.05, 3.63) is 0 Å². The average molecular weight is 352 g/mol. The number of carbonyl (C=O) groups excluding carboxylic acids is 1. The Morgan fingerprint density at radius 3 is 2.36 bits per heavy atom. The number of amides is 1. The van der Waals surface area contributed by atoms with Gasteiger partial charge in [0.15, 0.2) is 5.60 Å². The van der Waals surface area contributed by atoms with Crippen LogP contribution in [0.4, 0.5) is 0 Å². The lowest BCUT2D eigenvalue weighted by Crippen LogP contribution is -2.60. The molecule has 2 aliphatic heterocycles. The smallest absolute Gasteiger partial charge is 0.255 e. The molecule has 0 radical (unpaired) electrons. The predicted molar refractivity (Wildman–Crippen MR) is 101 cm³/mol. The molecule has 0 aromatic rings. The highest BCUT2D eigenvalue weighted by molar-refractivity contribution is 5.86. The summed E-state index contributed by atoms with van der Waals surface area (Å²) in [6.45, 7) is 9.50. The van der Waals surface area contributed by atoms with E-state index < -0.39 is 5.60 Å². The van der Waals surface area contributed by atoms with Gasteiger partial charge in [0.25, 0.3) is 5.91 Å². The summed E-state index contributed by atoms with van der Waals surface area (Å²) < 4.78 is 0. The molecule has 2 saturated heterocycles. The Bertz CT molecular complexity index is 431. The molecule has 1 amide bonds. The summed E-state index contributed by atoms with van der Waals surface area (Å²) in [6.07, 6.45) is 9.42. The lowest BCUT2D eigenvalue weighted by atomic mass is 9.86. The van der Waals surface area contributed by atoms with E-state index in [1.54, 1.807) is 0 Å². The van der Waals surface area contributed by atoms with Crippen LogP contribution in [-0.4, -0.2) is 83.7 Å². The second-order valence-corrected chi connectivity index (χ2v) is 8.43. The van der Waals surface area contributed by atoms with Gasteiger partial charge in [-0.05, 0) is 31.7 Å². The predicted octanol–water partition coefficient (Wildman–Crippen LogP) is 1.95. The third-order valence-corrected chi connectivity index (χ3v) is 6.63. The fourth-order valence-electron chi connectivity index (χ4n) is 4.87. The third-order valence-electron chi connectivity index (χ3n) is 6.63. The number of rotatable bonds is 6. The van der Waals surface area contributed by atoms with Crippen LogP contribution in [0, 0.1) is 5.92 Å². The van der Waals surface area contributed by atoms with E-state index in [-0.39, 0.29) is 5.91 Å². The Hall–Kier alpha value is -0.650. The molecular formula is C20H37N3O2. The number of hydrogen-bond acceptors (Lipinski definition) is 4. The first-order chi connectivity index (χ1) is 12.1. The van der Waals surface area contributed by atoms with Crippen LogP contribution in [0.5, 0.6) is 0 Å². The normalized spacial score (nSPS) is 30.8. The van der Waals surface area contributed by atoms with Gasteiger partial charge in [-0.2, -0.15) is 0 Å². The van der Waals surface area contributed by atoms with Gasteiger partial charge in [0.2, 0.25) is 0 Å². The molecule has 0 bridgehead atoms. The van der Waals surface area contributed by atoms with E-state index in [0.717, 1.165) is 64.6 Å². The Morgan fingerprint density at radius 1 is 1.00 bits per heavy atom. The summed E-state index contributed by atoms with van der Waals surface area (Å²) in [7, 11) is 0. The minimum absolute atomic E-state index is 0.00696. The Kier molecular flexibility index (Phi) is 6.75. The minimum Gasteiger partial charge on any atom is -0.379 e. The number of piperidine rings is 1. The van der Waals surface area contributed by atoms with E-state index in [1.165, 1.54) is 32.1 Å². The molecule has 1 atom stereocenters. The standard InChI is InChI=1S/C20H37N3O2/c1-2-21-13-15-22(16-14-21)17-20(25)10-6-11-23(19(20)24)12-9-18-7-4-3-5-8-18/h18,25H,2-17H2,1H3/t20-/m1/s1. The van der Waals surface area contributed by atoms with Crippen molar-refractivity contribution in [1.29, 1.82) is 0 Å². The maximum absolute atomic E-state index is 13.0. The molecule has 5 nitrogen and oxygen atoms in total. The van der Waals surface area contributed by atoms with Gasteiger partial charge in [-0.15, -0.1) is 0 Å². The van der Waals surface area contributed by atoms with Crippen molar-refractivity contribution in [2.24, 2.45) is 5.92 Å². The van der Waals surface area contributed by atoms with Crippen molar-refractivity contribution in [3.63, 3.8) is 0 Å². The molecule has 144 valence electrons. The van der Waals surface area contributed by atoms with Gasteiger partial charge >= 0.3 is 0 Å². The van der Waals surface area contributed by atoms with E-state index in [9.17, 15) is 9.90 Å². The maximum Gasteiger partial charge on any atom is 0.255 e. The second kappa shape index (κ2) is 8.83. The summed E-state index contributed by atoms with van der Waals surface area (Å²) in [5.41, 5.74) is -1.15. The molecule has 1 N–H and O–H groups in total. The average Bonchev–Trinajstić information content (AvgIpc) is 2.64. The van der Waals surface area contributed by atoms with Gasteiger partial charge in [-0.1, -0.05) is 39.0 Å². The molecule has 25 heavy (non-hydrogen) atoms. The first-order valence-corrected chi connectivity index (χ1v) is 10.6. The zero-order chi connectivity index (χ0) is 17.7. The fraction of sp³-hybridized carbons (Fsp3) is 0.950. The van der Waals surface area contributed by atoms with Crippen molar-refractivity contribution < 1.29 is 9.90 Å². The van der Waals surface area contributed by atoms with Crippen LogP contribution >= 0.6 is 0 Å². The molecule has 2 heterocycles. The first kappa shape index (κ1) is 19.1. The van der Waals surface area contributed by atoms with Crippen LogP contribution in [-0.2, 0) is 4.79 Å². The number of aliphatic hydroxyl groups is 1. The van der Waals surface area contributed by atoms with Crippen LogP contribution in [0.25, 0.3) is 0 Å². The summed E-state index contributed by atoms with van der Waals surface area (Å²) in [5.74, 6) is 0.783. The molecular weight excluding hydrogens is 314 g/mol. The van der Waals surface area contributed by atoms with Crippen molar-refractivity contribution in [2.45, 2.75) is 63.9 Å². The lowest BCUT2D eigenvalue weighted by molar-refractivity contribution is -0.160. The van der Waals surface area contributed by atoms with Crippen molar-refractivity contribution in [3.8, 4) is 0 Å². The molecule has 0 unspecified atom stereocenters. The molecule has 0 spiro atoms. The van der Waals surface area contributed by atoms with Crippen LogP contribution in [0.3, 0.4) is 0 Å². The lowest BCUT2D eigenvalue weighted by Gasteiger charge is -2.43. The summed E-state index contributed by atoms with van der Waals surface area (Å²) in [5, 5.41) is 11.1. The molecule has 1 aliphatic carbocycles. The number of nitrogens with zero attached hydrogens (tertiary/aromatic N) is 3. The van der Waals surface area contributed by atoms with Crippen molar-refractivity contribution in [1.82, 2.24) is 14.7 Å². The summed E-state index contributed by atoms with van der Waals surface area (Å²) >= 11 is 0. The monoisotopic (exact) mass is 351 g/mol. The first-order valence-electron chi connectivity index (χ1n) is 10.6. The van der Waals surface area contributed by atoms with Gasteiger partial charge in [0.1, 0.15) is 0 Å². The van der Waals surface area contributed by atoms with Gasteiger partial charge in [0.05, 0.1) is 0 Å². The molecule has 0 aromatic carbocycles. The molecule has 3 fully saturated rings. The number of β-amino-alcohol motifs (C(OH)–C–C–N with tert-alkyl or cyclic N) is 1. The van der Waals surface area contributed by atoms with Crippen molar-refractivity contribution >= 4 is 5.91 Å².